The van der Waals surface area contributed by atoms with Crippen LogP contribution < -0.4 is 0 Å². The van der Waals surface area contributed by atoms with Gasteiger partial charge in [0, 0.05) is 31.8 Å². The van der Waals surface area contributed by atoms with Crippen molar-refractivity contribution >= 4 is 5.91 Å². The summed E-state index contributed by atoms with van der Waals surface area (Å²) >= 11 is 0. The van der Waals surface area contributed by atoms with E-state index in [0.717, 1.165) is 25.1 Å². The lowest BCUT2D eigenvalue weighted by Crippen LogP contribution is -2.28. The van der Waals surface area contributed by atoms with Crippen molar-refractivity contribution in [2.24, 2.45) is 0 Å². The van der Waals surface area contributed by atoms with Crippen molar-refractivity contribution in [1.82, 2.24) is 15.0 Å². The van der Waals surface area contributed by atoms with Crippen molar-refractivity contribution in [3.63, 3.8) is 0 Å². The van der Waals surface area contributed by atoms with Crippen LogP contribution in [0.1, 0.15) is 30.2 Å². The van der Waals surface area contributed by atoms with Gasteiger partial charge in [-0.15, -0.1) is 0 Å². The van der Waals surface area contributed by atoms with Crippen LogP contribution in [-0.2, 0) is 11.2 Å². The minimum absolute atomic E-state index is 0.140. The number of hydrogen-bond donors (Lipinski definition) is 0. The fourth-order valence-corrected chi connectivity index (χ4v) is 3.22. The van der Waals surface area contributed by atoms with E-state index in [2.05, 4.69) is 22.3 Å². The molecule has 1 amide bonds. The van der Waals surface area contributed by atoms with Crippen molar-refractivity contribution < 1.29 is 13.7 Å². The molecule has 6 heteroatoms. The van der Waals surface area contributed by atoms with Gasteiger partial charge in [0.1, 0.15) is 6.26 Å². The van der Waals surface area contributed by atoms with Crippen LogP contribution >= 0.6 is 0 Å². The van der Waals surface area contributed by atoms with Crippen LogP contribution in [0.15, 0.2) is 57.9 Å². The first kappa shape index (κ1) is 15.6. The molecule has 1 aliphatic rings. The zero-order chi connectivity index (χ0) is 17.1. The maximum Gasteiger partial charge on any atom is 0.227 e. The largest absolute Gasteiger partial charge is 0.472 e. The van der Waals surface area contributed by atoms with Gasteiger partial charge in [0.05, 0.1) is 11.8 Å². The highest BCUT2D eigenvalue weighted by molar-refractivity contribution is 5.76. The van der Waals surface area contributed by atoms with Crippen LogP contribution in [0.5, 0.6) is 0 Å². The fraction of sp³-hybridized carbons (Fsp3) is 0.316. The molecule has 3 heterocycles. The topological polar surface area (TPSA) is 72.4 Å². The lowest BCUT2D eigenvalue weighted by Gasteiger charge is -2.16. The summed E-state index contributed by atoms with van der Waals surface area (Å²) in [6, 6.07) is 12.2. The minimum atomic E-state index is 0.140. The van der Waals surface area contributed by atoms with E-state index in [4.69, 9.17) is 8.94 Å². The third-order valence-corrected chi connectivity index (χ3v) is 4.61. The summed E-state index contributed by atoms with van der Waals surface area (Å²) in [5.74, 6) is 1.53. The number of likely N-dealkylation sites (tertiary alicyclic amines) is 1. The molecule has 0 aliphatic carbocycles. The van der Waals surface area contributed by atoms with Gasteiger partial charge in [-0.2, -0.15) is 4.98 Å². The predicted molar refractivity (Wildman–Crippen MR) is 90.7 cm³/mol. The van der Waals surface area contributed by atoms with E-state index in [9.17, 15) is 4.79 Å². The highest BCUT2D eigenvalue weighted by atomic mass is 16.5. The van der Waals surface area contributed by atoms with E-state index in [0.29, 0.717) is 30.5 Å². The second-order valence-corrected chi connectivity index (χ2v) is 6.26. The Kier molecular flexibility index (Phi) is 4.33. The predicted octanol–water partition coefficient (Wildman–Crippen LogP) is 3.28. The van der Waals surface area contributed by atoms with Gasteiger partial charge in [-0.1, -0.05) is 35.5 Å². The maximum atomic E-state index is 12.5. The number of carbonyl (C=O) groups is 1. The first-order chi connectivity index (χ1) is 12.3. The van der Waals surface area contributed by atoms with Gasteiger partial charge in [-0.3, -0.25) is 4.79 Å². The Balaban J connectivity index is 1.31. The Morgan fingerprint density at radius 2 is 2.12 bits per heavy atom. The van der Waals surface area contributed by atoms with Gasteiger partial charge in [0.2, 0.25) is 17.6 Å². The van der Waals surface area contributed by atoms with Crippen LogP contribution in [0.3, 0.4) is 0 Å². The molecular formula is C19H19N3O3. The first-order valence-corrected chi connectivity index (χ1v) is 8.47. The zero-order valence-electron chi connectivity index (χ0n) is 13.8. The summed E-state index contributed by atoms with van der Waals surface area (Å²) in [5.41, 5.74) is 2.08. The molecule has 1 unspecified atom stereocenters. The number of carbonyl (C=O) groups excluding carboxylic acids is 1. The Bertz CT molecular complexity index is 827. The summed E-state index contributed by atoms with van der Waals surface area (Å²) in [6.45, 7) is 1.59. The van der Waals surface area contributed by atoms with Crippen molar-refractivity contribution in [3.05, 3.63) is 60.4 Å². The van der Waals surface area contributed by atoms with E-state index in [1.807, 2.05) is 23.1 Å². The van der Waals surface area contributed by atoms with Crippen LogP contribution in [0, 0.1) is 0 Å². The molecule has 3 aromatic rings. The second kappa shape index (κ2) is 6.93. The van der Waals surface area contributed by atoms with Gasteiger partial charge in [0.25, 0.3) is 0 Å². The number of rotatable bonds is 5. The summed E-state index contributed by atoms with van der Waals surface area (Å²) < 4.78 is 10.2. The Morgan fingerprint density at radius 1 is 1.24 bits per heavy atom. The molecule has 128 valence electrons. The highest BCUT2D eigenvalue weighted by Gasteiger charge is 2.27. The number of nitrogens with zero attached hydrogens (tertiary/aromatic N) is 3. The van der Waals surface area contributed by atoms with Gasteiger partial charge in [-0.05, 0) is 18.1 Å². The molecule has 1 aromatic carbocycles. The van der Waals surface area contributed by atoms with E-state index in [1.54, 1.807) is 18.6 Å². The van der Waals surface area contributed by atoms with Gasteiger partial charge in [-0.25, -0.2) is 0 Å². The molecule has 0 bridgehead atoms. The quantitative estimate of drug-likeness (QED) is 0.714. The molecule has 0 radical (unpaired) electrons. The van der Waals surface area contributed by atoms with Crippen molar-refractivity contribution in [1.29, 1.82) is 0 Å². The minimum Gasteiger partial charge on any atom is -0.472 e. The zero-order valence-corrected chi connectivity index (χ0v) is 13.8. The van der Waals surface area contributed by atoms with Gasteiger partial charge >= 0.3 is 0 Å². The monoisotopic (exact) mass is 337 g/mol. The number of aromatic nitrogens is 2. The molecule has 1 fully saturated rings. The number of benzene rings is 1. The van der Waals surface area contributed by atoms with E-state index >= 15 is 0 Å². The SMILES string of the molecule is O=C(CCc1nc(-c2ccoc2)no1)N1CCC(c2ccccc2)C1. The molecule has 0 saturated carbocycles. The summed E-state index contributed by atoms with van der Waals surface area (Å²) in [6.07, 6.45) is 4.98. The summed E-state index contributed by atoms with van der Waals surface area (Å²) in [5, 5.41) is 3.91. The summed E-state index contributed by atoms with van der Waals surface area (Å²) in [7, 11) is 0. The molecule has 2 aromatic heterocycles. The number of furan rings is 1. The number of amides is 1. The average molecular weight is 337 g/mol. The molecule has 0 N–H and O–H groups in total. The lowest BCUT2D eigenvalue weighted by atomic mass is 9.99. The van der Waals surface area contributed by atoms with Gasteiger partial charge < -0.3 is 13.8 Å². The normalized spacial score (nSPS) is 17.1. The Labute approximate surface area is 145 Å². The fourth-order valence-electron chi connectivity index (χ4n) is 3.22. The molecule has 1 atom stereocenters. The van der Waals surface area contributed by atoms with Crippen LogP contribution in [0.2, 0.25) is 0 Å². The lowest BCUT2D eigenvalue weighted by molar-refractivity contribution is -0.130. The van der Waals surface area contributed by atoms with Crippen LogP contribution in [0.4, 0.5) is 0 Å². The molecule has 4 rings (SSSR count). The maximum absolute atomic E-state index is 12.5. The molecule has 1 saturated heterocycles. The molecule has 6 nitrogen and oxygen atoms in total. The second-order valence-electron chi connectivity index (χ2n) is 6.26. The van der Waals surface area contributed by atoms with E-state index in [1.165, 1.54) is 5.56 Å². The summed E-state index contributed by atoms with van der Waals surface area (Å²) in [4.78, 5) is 18.7. The molecule has 0 spiro atoms. The number of aryl methyl sites for hydroxylation is 1. The third-order valence-electron chi connectivity index (χ3n) is 4.61. The van der Waals surface area contributed by atoms with E-state index < -0.39 is 0 Å². The van der Waals surface area contributed by atoms with Crippen molar-refractivity contribution in [2.45, 2.75) is 25.2 Å². The number of hydrogen-bond acceptors (Lipinski definition) is 5. The smallest absolute Gasteiger partial charge is 0.227 e. The molecule has 25 heavy (non-hydrogen) atoms. The third kappa shape index (κ3) is 3.47. The Hall–Kier alpha value is -2.89. The van der Waals surface area contributed by atoms with E-state index in [-0.39, 0.29) is 5.91 Å². The van der Waals surface area contributed by atoms with Crippen LogP contribution in [-0.4, -0.2) is 34.0 Å². The first-order valence-electron chi connectivity index (χ1n) is 8.47. The van der Waals surface area contributed by atoms with Gasteiger partial charge in [0.15, 0.2) is 0 Å². The average Bonchev–Trinajstić information content (AvgIpc) is 3.41. The molecule has 1 aliphatic heterocycles. The van der Waals surface area contributed by atoms with Crippen molar-refractivity contribution in [3.8, 4) is 11.4 Å². The Morgan fingerprint density at radius 3 is 2.92 bits per heavy atom. The highest BCUT2D eigenvalue weighted by Crippen LogP contribution is 2.27. The molecular weight excluding hydrogens is 318 g/mol. The standard InChI is InChI=1S/C19H19N3O3/c23-18(22-10-8-15(12-22)14-4-2-1-3-5-14)7-6-17-20-19(21-25-17)16-9-11-24-13-16/h1-5,9,11,13,15H,6-8,10,12H2. The van der Waals surface area contributed by atoms with Crippen LogP contribution in [0.25, 0.3) is 11.4 Å². The van der Waals surface area contributed by atoms with Crippen molar-refractivity contribution in [2.75, 3.05) is 13.1 Å².